The first-order valence-electron chi connectivity index (χ1n) is 10.6. The quantitative estimate of drug-likeness (QED) is 0.523. The highest BCUT2D eigenvalue weighted by Crippen LogP contribution is 2.40. The van der Waals surface area contributed by atoms with E-state index in [1.54, 1.807) is 6.21 Å². The molecule has 0 radical (unpaired) electrons. The van der Waals surface area contributed by atoms with E-state index in [1.807, 2.05) is 0 Å². The van der Waals surface area contributed by atoms with Crippen molar-refractivity contribution >= 4 is 24.5 Å². The molecule has 4 heteroatoms. The summed E-state index contributed by atoms with van der Waals surface area (Å²) in [5, 5.41) is 0. The molecule has 0 bridgehead atoms. The summed E-state index contributed by atoms with van der Waals surface area (Å²) < 4.78 is 0. The molecule has 29 heavy (non-hydrogen) atoms. The fourth-order valence-corrected chi connectivity index (χ4v) is 4.42. The van der Waals surface area contributed by atoms with Crippen LogP contribution in [-0.2, 0) is 10.2 Å². The molecule has 2 aromatic rings. The molecule has 2 aromatic carbocycles. The summed E-state index contributed by atoms with van der Waals surface area (Å²) in [5.74, 6) is -0.127. The second-order valence-corrected chi connectivity index (χ2v) is 7.84. The summed E-state index contributed by atoms with van der Waals surface area (Å²) in [4.78, 5) is 17.8. The maximum absolute atomic E-state index is 11.2. The highest BCUT2D eigenvalue weighted by atomic mass is 35.5. The summed E-state index contributed by atoms with van der Waals surface area (Å²) in [6.45, 7) is 5.04. The third kappa shape index (κ3) is 6.52. The zero-order valence-corrected chi connectivity index (χ0v) is 18.2. The molecule has 1 fully saturated rings. The molecule has 1 heterocycles. The zero-order valence-electron chi connectivity index (χ0n) is 17.4. The van der Waals surface area contributed by atoms with Crippen molar-refractivity contribution in [2.24, 2.45) is 4.99 Å². The summed E-state index contributed by atoms with van der Waals surface area (Å²) in [6.07, 6.45) is 8.61. The van der Waals surface area contributed by atoms with E-state index in [0.29, 0.717) is 0 Å². The van der Waals surface area contributed by atoms with Crippen LogP contribution < -0.4 is 0 Å². The van der Waals surface area contributed by atoms with Crippen LogP contribution in [0.4, 0.5) is 0 Å². The Bertz CT molecular complexity index is 715. The lowest BCUT2D eigenvalue weighted by molar-refractivity contribution is -0.115. The van der Waals surface area contributed by atoms with Gasteiger partial charge < -0.3 is 4.90 Å². The number of piperidine rings is 1. The van der Waals surface area contributed by atoms with Crippen LogP contribution in [0.1, 0.15) is 56.6 Å². The Morgan fingerprint density at radius 2 is 1.48 bits per heavy atom. The number of likely N-dealkylation sites (tertiary alicyclic amines) is 1. The molecule has 0 N–H and O–H groups in total. The minimum atomic E-state index is -0.127. The number of hydrogen-bond donors (Lipinski definition) is 0. The number of hydrogen-bond acceptors (Lipinski definition) is 2. The highest BCUT2D eigenvalue weighted by Gasteiger charge is 2.34. The number of benzene rings is 2. The second-order valence-electron chi connectivity index (χ2n) is 7.84. The van der Waals surface area contributed by atoms with E-state index in [4.69, 9.17) is 0 Å². The normalized spacial score (nSPS) is 15.2. The Morgan fingerprint density at radius 3 is 2.00 bits per heavy atom. The number of carbonyl (C=O) groups excluding carboxylic acids is 1. The Morgan fingerprint density at radius 1 is 0.931 bits per heavy atom. The lowest BCUT2D eigenvalue weighted by Crippen LogP contribution is -2.37. The van der Waals surface area contributed by atoms with Gasteiger partial charge in [-0.3, -0.25) is 4.79 Å². The maximum atomic E-state index is 11.2. The molecule has 1 amide bonds. The minimum absolute atomic E-state index is 0. The van der Waals surface area contributed by atoms with E-state index in [1.165, 1.54) is 50.4 Å². The van der Waals surface area contributed by atoms with Gasteiger partial charge in [0.2, 0.25) is 5.91 Å². The number of aliphatic imine (C=N–C) groups is 1. The molecule has 1 saturated heterocycles. The number of amides is 1. The lowest BCUT2D eigenvalue weighted by atomic mass is 9.69. The summed E-state index contributed by atoms with van der Waals surface area (Å²) in [5.41, 5.74) is 2.65. The van der Waals surface area contributed by atoms with Crippen LogP contribution in [-0.4, -0.2) is 36.7 Å². The van der Waals surface area contributed by atoms with Gasteiger partial charge in [0.15, 0.2) is 0 Å². The summed E-state index contributed by atoms with van der Waals surface area (Å²) in [6, 6.07) is 21.7. The van der Waals surface area contributed by atoms with Gasteiger partial charge in [-0.1, -0.05) is 67.1 Å². The van der Waals surface area contributed by atoms with Gasteiger partial charge in [0.05, 0.1) is 0 Å². The molecular formula is C25H33ClN2O. The third-order valence-electron chi connectivity index (χ3n) is 5.93. The van der Waals surface area contributed by atoms with Gasteiger partial charge >= 0.3 is 0 Å². The van der Waals surface area contributed by atoms with Gasteiger partial charge in [-0.05, 0) is 62.9 Å². The average molecular weight is 413 g/mol. The Hall–Kier alpha value is -1.97. The first kappa shape index (κ1) is 23.3. The van der Waals surface area contributed by atoms with Crippen LogP contribution in [0, 0.1) is 0 Å². The Balaban J connectivity index is 0.00000300. The van der Waals surface area contributed by atoms with Crippen LogP contribution in [0.3, 0.4) is 0 Å². The molecule has 3 nitrogen and oxygen atoms in total. The first-order chi connectivity index (χ1) is 13.7. The van der Waals surface area contributed by atoms with Crippen molar-refractivity contribution in [2.75, 3.05) is 19.6 Å². The van der Waals surface area contributed by atoms with Gasteiger partial charge in [-0.2, -0.15) is 0 Å². The number of rotatable bonds is 8. The zero-order chi connectivity index (χ0) is 19.7. The molecular weight excluding hydrogens is 380 g/mol. The van der Waals surface area contributed by atoms with Crippen molar-refractivity contribution in [3.63, 3.8) is 0 Å². The topological polar surface area (TPSA) is 32.7 Å². The first-order valence-corrected chi connectivity index (χ1v) is 10.6. The van der Waals surface area contributed by atoms with E-state index in [2.05, 4.69) is 70.6 Å². The van der Waals surface area contributed by atoms with Gasteiger partial charge in [0, 0.05) is 18.6 Å². The van der Waals surface area contributed by atoms with Gasteiger partial charge in [0.25, 0.3) is 0 Å². The van der Waals surface area contributed by atoms with E-state index >= 15 is 0 Å². The number of halogens is 1. The fourth-order valence-electron chi connectivity index (χ4n) is 4.42. The molecule has 0 spiro atoms. The molecule has 0 aromatic heterocycles. The molecule has 0 unspecified atom stereocenters. The predicted octanol–water partition coefficient (Wildman–Crippen LogP) is 5.67. The van der Waals surface area contributed by atoms with Crippen LogP contribution >= 0.6 is 12.4 Å². The van der Waals surface area contributed by atoms with Crippen molar-refractivity contribution < 1.29 is 4.79 Å². The van der Waals surface area contributed by atoms with Crippen molar-refractivity contribution in [1.82, 2.24) is 4.90 Å². The lowest BCUT2D eigenvalue weighted by Gasteiger charge is -2.38. The molecule has 156 valence electrons. The molecule has 3 rings (SSSR count). The monoisotopic (exact) mass is 412 g/mol. The van der Waals surface area contributed by atoms with Crippen molar-refractivity contribution in [2.45, 2.75) is 50.9 Å². The smallest absolute Gasteiger partial charge is 0.242 e. The SMILES string of the molecule is CC(=O)N=CCCC(CCN1CCCCC1)(c1ccccc1)c1ccccc1.Cl. The highest BCUT2D eigenvalue weighted by molar-refractivity contribution is 5.85. The number of nitrogens with zero attached hydrogens (tertiary/aromatic N) is 2. The van der Waals surface area contributed by atoms with Crippen LogP contribution in [0.2, 0.25) is 0 Å². The van der Waals surface area contributed by atoms with Gasteiger partial charge in [-0.25, -0.2) is 4.99 Å². The maximum Gasteiger partial charge on any atom is 0.242 e. The molecule has 0 atom stereocenters. The van der Waals surface area contributed by atoms with Crippen LogP contribution in [0.5, 0.6) is 0 Å². The fraction of sp³-hybridized carbons (Fsp3) is 0.440. The molecule has 0 aliphatic carbocycles. The van der Waals surface area contributed by atoms with E-state index in [-0.39, 0.29) is 23.7 Å². The number of carbonyl (C=O) groups is 1. The minimum Gasteiger partial charge on any atom is -0.303 e. The van der Waals surface area contributed by atoms with Crippen molar-refractivity contribution in [3.05, 3.63) is 71.8 Å². The van der Waals surface area contributed by atoms with Crippen LogP contribution in [0.15, 0.2) is 65.7 Å². The van der Waals surface area contributed by atoms with Gasteiger partial charge in [-0.15, -0.1) is 12.4 Å². The molecule has 1 aliphatic heterocycles. The summed E-state index contributed by atoms with van der Waals surface area (Å²) in [7, 11) is 0. The van der Waals surface area contributed by atoms with Gasteiger partial charge in [0.1, 0.15) is 0 Å². The Kier molecular flexibility index (Phi) is 9.56. The Labute approximate surface area is 181 Å². The third-order valence-corrected chi connectivity index (χ3v) is 5.93. The molecule has 1 aliphatic rings. The molecule has 0 saturated carbocycles. The second kappa shape index (κ2) is 11.9. The largest absolute Gasteiger partial charge is 0.303 e. The average Bonchev–Trinajstić information content (AvgIpc) is 2.75. The standard InChI is InChI=1S/C25H32N2O.ClH/c1-22(28)26-18-11-16-25(23-12-5-2-6-13-23,24-14-7-3-8-15-24)17-21-27-19-9-4-10-20-27;/h2-3,5-8,12-15,18H,4,9-11,16-17,19-21H2,1H3;1H. The summed E-state index contributed by atoms with van der Waals surface area (Å²) >= 11 is 0. The predicted molar refractivity (Wildman–Crippen MR) is 124 cm³/mol. The van der Waals surface area contributed by atoms with E-state index in [0.717, 1.165) is 25.8 Å². The van der Waals surface area contributed by atoms with Crippen LogP contribution in [0.25, 0.3) is 0 Å². The van der Waals surface area contributed by atoms with Crippen molar-refractivity contribution in [3.8, 4) is 0 Å². The van der Waals surface area contributed by atoms with Crippen molar-refractivity contribution in [1.29, 1.82) is 0 Å². The van der Waals surface area contributed by atoms with E-state index in [9.17, 15) is 4.79 Å². The van der Waals surface area contributed by atoms with E-state index < -0.39 is 0 Å².